The van der Waals surface area contributed by atoms with Gasteiger partial charge in [0.25, 0.3) is 0 Å². The van der Waals surface area contributed by atoms with Crippen LogP contribution >= 0.6 is 27.5 Å². The van der Waals surface area contributed by atoms with Crippen LogP contribution in [0.25, 0.3) is 0 Å². The van der Waals surface area contributed by atoms with Crippen molar-refractivity contribution in [2.24, 2.45) is 7.05 Å². The molecule has 0 bridgehead atoms. The van der Waals surface area contributed by atoms with Crippen LogP contribution in [0.2, 0.25) is 0 Å². The lowest BCUT2D eigenvalue weighted by Crippen LogP contribution is -2.02. The Morgan fingerprint density at radius 1 is 1.85 bits per heavy atom. The molecule has 3 nitrogen and oxygen atoms in total. The van der Waals surface area contributed by atoms with E-state index in [2.05, 4.69) is 26.3 Å². The smallest absolute Gasteiger partial charge is 0.126 e. The molecule has 1 aromatic rings. The van der Waals surface area contributed by atoms with Gasteiger partial charge in [0.15, 0.2) is 0 Å². The first-order valence-electron chi connectivity index (χ1n) is 3.82. The SMILES string of the molecule is C/C(=C\Cl)CNc1cnn(C)c1Br. The molecular weight excluding hydrogens is 253 g/mol. The number of aryl methyl sites for hydroxylation is 1. The lowest BCUT2D eigenvalue weighted by atomic mass is 10.3. The first-order chi connectivity index (χ1) is 6.15. The summed E-state index contributed by atoms with van der Waals surface area (Å²) in [6.45, 7) is 2.69. The molecule has 1 rings (SSSR count). The zero-order chi connectivity index (χ0) is 9.84. The maximum atomic E-state index is 5.53. The molecule has 1 heterocycles. The minimum Gasteiger partial charge on any atom is -0.378 e. The van der Waals surface area contributed by atoms with Crippen molar-refractivity contribution in [1.29, 1.82) is 0 Å². The predicted molar refractivity (Wildman–Crippen MR) is 59.0 cm³/mol. The summed E-state index contributed by atoms with van der Waals surface area (Å²) in [7, 11) is 1.87. The van der Waals surface area contributed by atoms with Crippen molar-refractivity contribution in [3.8, 4) is 0 Å². The van der Waals surface area contributed by atoms with Crippen LogP contribution in [0.3, 0.4) is 0 Å². The highest BCUT2D eigenvalue weighted by molar-refractivity contribution is 9.10. The first-order valence-corrected chi connectivity index (χ1v) is 5.05. The van der Waals surface area contributed by atoms with E-state index >= 15 is 0 Å². The first kappa shape index (κ1) is 10.6. The van der Waals surface area contributed by atoms with E-state index in [4.69, 9.17) is 11.6 Å². The fourth-order valence-electron chi connectivity index (χ4n) is 0.814. The van der Waals surface area contributed by atoms with E-state index in [1.165, 1.54) is 0 Å². The molecule has 0 fully saturated rings. The van der Waals surface area contributed by atoms with Crippen LogP contribution in [0.5, 0.6) is 0 Å². The summed E-state index contributed by atoms with van der Waals surface area (Å²) in [6.07, 6.45) is 1.77. The molecule has 0 aliphatic rings. The largest absolute Gasteiger partial charge is 0.378 e. The molecule has 0 aromatic carbocycles. The molecule has 0 aliphatic carbocycles. The normalized spacial score (nSPS) is 11.8. The van der Waals surface area contributed by atoms with Gasteiger partial charge in [0.1, 0.15) is 4.60 Å². The molecule has 0 aliphatic heterocycles. The Labute approximate surface area is 90.9 Å². The van der Waals surface area contributed by atoms with Crippen molar-refractivity contribution in [2.45, 2.75) is 6.92 Å². The second-order valence-corrected chi connectivity index (χ2v) is 3.75. The van der Waals surface area contributed by atoms with Crippen molar-refractivity contribution in [3.63, 3.8) is 0 Å². The Bertz CT molecular complexity index is 319. The van der Waals surface area contributed by atoms with E-state index in [1.54, 1.807) is 16.4 Å². The Morgan fingerprint density at radius 2 is 2.54 bits per heavy atom. The highest BCUT2D eigenvalue weighted by Crippen LogP contribution is 2.20. The fourth-order valence-corrected chi connectivity index (χ4v) is 1.23. The lowest BCUT2D eigenvalue weighted by Gasteiger charge is -2.03. The molecule has 0 radical (unpaired) electrons. The van der Waals surface area contributed by atoms with Gasteiger partial charge in [-0.15, -0.1) is 0 Å². The number of nitrogens with one attached hydrogen (secondary N) is 1. The van der Waals surface area contributed by atoms with Crippen LogP contribution in [0.1, 0.15) is 6.92 Å². The number of anilines is 1. The monoisotopic (exact) mass is 263 g/mol. The lowest BCUT2D eigenvalue weighted by molar-refractivity contribution is 0.750. The summed E-state index contributed by atoms with van der Waals surface area (Å²) in [6, 6.07) is 0. The van der Waals surface area contributed by atoms with Crippen LogP contribution in [0.4, 0.5) is 5.69 Å². The average molecular weight is 265 g/mol. The van der Waals surface area contributed by atoms with Gasteiger partial charge in [-0.05, 0) is 28.4 Å². The van der Waals surface area contributed by atoms with Crippen LogP contribution in [-0.4, -0.2) is 16.3 Å². The van der Waals surface area contributed by atoms with E-state index in [0.717, 1.165) is 22.4 Å². The number of rotatable bonds is 3. The van der Waals surface area contributed by atoms with Crippen LogP contribution in [-0.2, 0) is 7.05 Å². The Morgan fingerprint density at radius 3 is 3.00 bits per heavy atom. The van der Waals surface area contributed by atoms with Gasteiger partial charge < -0.3 is 5.32 Å². The molecule has 13 heavy (non-hydrogen) atoms. The summed E-state index contributed by atoms with van der Waals surface area (Å²) in [5.74, 6) is 0. The van der Waals surface area contributed by atoms with Gasteiger partial charge in [0, 0.05) is 19.1 Å². The van der Waals surface area contributed by atoms with Gasteiger partial charge in [-0.3, -0.25) is 4.68 Å². The van der Waals surface area contributed by atoms with Crippen molar-refractivity contribution >= 4 is 33.2 Å². The molecule has 0 saturated carbocycles. The number of halogens is 2. The van der Waals surface area contributed by atoms with Crippen LogP contribution in [0, 0.1) is 0 Å². The highest BCUT2D eigenvalue weighted by atomic mass is 79.9. The Hall–Kier alpha value is -0.480. The van der Waals surface area contributed by atoms with E-state index < -0.39 is 0 Å². The molecular formula is C8H11BrClN3. The third kappa shape index (κ3) is 2.74. The van der Waals surface area contributed by atoms with Crippen molar-refractivity contribution in [2.75, 3.05) is 11.9 Å². The average Bonchev–Trinajstić information content (AvgIpc) is 2.44. The summed E-state index contributed by atoms with van der Waals surface area (Å²) in [5.41, 5.74) is 3.62. The molecule has 0 unspecified atom stereocenters. The summed E-state index contributed by atoms with van der Waals surface area (Å²) >= 11 is 8.94. The Kier molecular flexibility index (Phi) is 3.81. The molecule has 0 amide bonds. The van der Waals surface area contributed by atoms with Gasteiger partial charge in [0.2, 0.25) is 0 Å². The third-order valence-corrected chi connectivity index (χ3v) is 2.92. The maximum Gasteiger partial charge on any atom is 0.126 e. The summed E-state index contributed by atoms with van der Waals surface area (Å²) in [5, 5.41) is 7.28. The second kappa shape index (κ2) is 4.67. The topological polar surface area (TPSA) is 29.9 Å². The van der Waals surface area contributed by atoms with E-state index in [0.29, 0.717) is 0 Å². The fraction of sp³-hybridized carbons (Fsp3) is 0.375. The van der Waals surface area contributed by atoms with Crippen molar-refractivity contribution < 1.29 is 0 Å². The van der Waals surface area contributed by atoms with Crippen LogP contribution in [0.15, 0.2) is 21.9 Å². The quantitative estimate of drug-likeness (QED) is 0.910. The minimum atomic E-state index is 0.730. The number of hydrogen-bond acceptors (Lipinski definition) is 2. The number of aromatic nitrogens is 2. The van der Waals surface area contributed by atoms with Crippen LogP contribution < -0.4 is 5.32 Å². The summed E-state index contributed by atoms with van der Waals surface area (Å²) in [4.78, 5) is 0. The molecule has 0 spiro atoms. The van der Waals surface area contributed by atoms with Crippen molar-refractivity contribution in [1.82, 2.24) is 9.78 Å². The molecule has 72 valence electrons. The maximum absolute atomic E-state index is 5.53. The zero-order valence-electron chi connectivity index (χ0n) is 7.51. The van der Waals surface area contributed by atoms with Crippen molar-refractivity contribution in [3.05, 3.63) is 21.9 Å². The Balaban J connectivity index is 2.60. The molecule has 0 atom stereocenters. The van der Waals surface area contributed by atoms with Gasteiger partial charge in [0.05, 0.1) is 11.9 Å². The summed E-state index contributed by atoms with van der Waals surface area (Å²) < 4.78 is 2.69. The zero-order valence-corrected chi connectivity index (χ0v) is 9.85. The van der Waals surface area contributed by atoms with E-state index in [9.17, 15) is 0 Å². The molecule has 1 N–H and O–H groups in total. The number of hydrogen-bond donors (Lipinski definition) is 1. The van der Waals surface area contributed by atoms with E-state index in [1.807, 2.05) is 14.0 Å². The minimum absolute atomic E-state index is 0.730. The standard InChI is InChI=1S/C8H11BrClN3/c1-6(3-10)4-11-7-5-12-13(2)8(7)9/h3,5,11H,4H2,1-2H3/b6-3+. The van der Waals surface area contributed by atoms with Gasteiger partial charge in [-0.1, -0.05) is 11.6 Å². The van der Waals surface area contributed by atoms with Gasteiger partial charge >= 0.3 is 0 Å². The third-order valence-electron chi connectivity index (χ3n) is 1.61. The van der Waals surface area contributed by atoms with Gasteiger partial charge in [-0.2, -0.15) is 5.10 Å². The molecule has 1 aromatic heterocycles. The predicted octanol–water partition coefficient (Wildman–Crippen LogP) is 2.74. The molecule has 0 saturated heterocycles. The van der Waals surface area contributed by atoms with E-state index in [-0.39, 0.29) is 0 Å². The molecule has 5 heteroatoms. The number of nitrogens with zero attached hydrogens (tertiary/aromatic N) is 2. The van der Waals surface area contributed by atoms with Gasteiger partial charge in [-0.25, -0.2) is 0 Å². The second-order valence-electron chi connectivity index (χ2n) is 2.78. The highest BCUT2D eigenvalue weighted by Gasteiger charge is 2.03.